The van der Waals surface area contributed by atoms with Crippen LogP contribution in [0.2, 0.25) is 0 Å². The lowest BCUT2D eigenvalue weighted by Crippen LogP contribution is -2.21. The average molecular weight is 280 g/mol. The SMILES string of the molecule is CC(CO)CC(C)(C)CO.CC(O)COC(C)CO. The van der Waals surface area contributed by atoms with E-state index in [4.69, 9.17) is 25.2 Å². The second-order valence-corrected chi connectivity index (χ2v) is 5.99. The van der Waals surface area contributed by atoms with Crippen LogP contribution in [-0.2, 0) is 4.74 Å². The van der Waals surface area contributed by atoms with Gasteiger partial charge in [-0.2, -0.15) is 0 Å². The molecule has 0 saturated heterocycles. The predicted octanol–water partition coefficient (Wildman–Crippen LogP) is 0.788. The van der Waals surface area contributed by atoms with Gasteiger partial charge in [-0.05, 0) is 31.6 Å². The molecule has 0 aliphatic rings. The van der Waals surface area contributed by atoms with Crippen molar-refractivity contribution in [3.05, 3.63) is 0 Å². The summed E-state index contributed by atoms with van der Waals surface area (Å²) in [7, 11) is 0. The molecule has 0 aromatic heterocycles. The summed E-state index contributed by atoms with van der Waals surface area (Å²) < 4.78 is 4.95. The Morgan fingerprint density at radius 3 is 1.84 bits per heavy atom. The summed E-state index contributed by atoms with van der Waals surface area (Å²) in [5.74, 6) is 0.294. The van der Waals surface area contributed by atoms with Gasteiger partial charge >= 0.3 is 0 Å². The molecule has 19 heavy (non-hydrogen) atoms. The fourth-order valence-corrected chi connectivity index (χ4v) is 1.43. The standard InChI is InChI=1S/C8H18O2.C6H14O3/c1-7(5-9)4-8(2,3)6-10;1-5(8)4-9-6(2)3-7/h7,9-10H,4-6H2,1-3H3;5-8H,3-4H2,1-2H3. The van der Waals surface area contributed by atoms with Crippen molar-refractivity contribution in [2.24, 2.45) is 11.3 Å². The van der Waals surface area contributed by atoms with Crippen LogP contribution in [0.1, 0.15) is 41.0 Å². The Morgan fingerprint density at radius 1 is 1.00 bits per heavy atom. The molecule has 0 aliphatic carbocycles. The fraction of sp³-hybridized carbons (Fsp3) is 1.00. The van der Waals surface area contributed by atoms with Crippen molar-refractivity contribution in [1.29, 1.82) is 0 Å². The second kappa shape index (κ2) is 11.6. The van der Waals surface area contributed by atoms with Gasteiger partial charge in [0.2, 0.25) is 0 Å². The van der Waals surface area contributed by atoms with Crippen molar-refractivity contribution in [3.8, 4) is 0 Å². The van der Waals surface area contributed by atoms with Gasteiger partial charge in [0.05, 0.1) is 25.4 Å². The molecule has 4 N–H and O–H groups in total. The normalized spacial score (nSPS) is 16.3. The van der Waals surface area contributed by atoms with E-state index < -0.39 is 6.10 Å². The van der Waals surface area contributed by atoms with Crippen LogP contribution in [0.25, 0.3) is 0 Å². The Labute approximate surface area is 117 Å². The number of aliphatic hydroxyl groups is 4. The van der Waals surface area contributed by atoms with Crippen molar-refractivity contribution >= 4 is 0 Å². The van der Waals surface area contributed by atoms with Gasteiger partial charge in [0.25, 0.3) is 0 Å². The lowest BCUT2D eigenvalue weighted by molar-refractivity contribution is -0.0177. The number of rotatable bonds is 8. The molecule has 0 aromatic carbocycles. The van der Waals surface area contributed by atoms with E-state index in [1.54, 1.807) is 13.8 Å². The zero-order chi connectivity index (χ0) is 15.5. The molecule has 0 bridgehead atoms. The van der Waals surface area contributed by atoms with Gasteiger partial charge in [-0.15, -0.1) is 0 Å². The van der Waals surface area contributed by atoms with Gasteiger partial charge in [-0.3, -0.25) is 0 Å². The van der Waals surface area contributed by atoms with E-state index >= 15 is 0 Å². The monoisotopic (exact) mass is 280 g/mol. The first-order valence-corrected chi connectivity index (χ1v) is 6.80. The molecular weight excluding hydrogens is 248 g/mol. The predicted molar refractivity (Wildman–Crippen MR) is 75.9 cm³/mol. The minimum Gasteiger partial charge on any atom is -0.396 e. The first-order valence-electron chi connectivity index (χ1n) is 6.80. The van der Waals surface area contributed by atoms with Crippen LogP contribution in [0.15, 0.2) is 0 Å². The van der Waals surface area contributed by atoms with Crippen LogP contribution in [-0.4, -0.2) is 59.1 Å². The molecule has 0 spiro atoms. The van der Waals surface area contributed by atoms with E-state index in [1.807, 2.05) is 20.8 Å². The summed E-state index contributed by atoms with van der Waals surface area (Å²) in [5, 5.41) is 34.7. The van der Waals surface area contributed by atoms with Crippen molar-refractivity contribution < 1.29 is 25.2 Å². The zero-order valence-electron chi connectivity index (χ0n) is 13.0. The third kappa shape index (κ3) is 15.7. The smallest absolute Gasteiger partial charge is 0.0779 e. The summed E-state index contributed by atoms with van der Waals surface area (Å²) in [6, 6.07) is 0. The van der Waals surface area contributed by atoms with Gasteiger partial charge in [0, 0.05) is 13.2 Å². The van der Waals surface area contributed by atoms with E-state index in [-0.39, 0.29) is 31.3 Å². The molecule has 0 rings (SSSR count). The third-order valence-electron chi connectivity index (χ3n) is 2.52. The van der Waals surface area contributed by atoms with Crippen LogP contribution in [0.5, 0.6) is 0 Å². The summed E-state index contributed by atoms with van der Waals surface area (Å²) in [6.45, 7) is 10.1. The maximum Gasteiger partial charge on any atom is 0.0779 e. The Balaban J connectivity index is 0. The Kier molecular flexibility index (Phi) is 12.9. The zero-order valence-corrected chi connectivity index (χ0v) is 13.0. The molecule has 5 nitrogen and oxygen atoms in total. The number of hydrogen-bond acceptors (Lipinski definition) is 5. The molecule has 0 aromatic rings. The molecular formula is C14H32O5. The van der Waals surface area contributed by atoms with Crippen molar-refractivity contribution in [2.45, 2.75) is 53.2 Å². The molecule has 0 aliphatic heterocycles. The molecule has 118 valence electrons. The molecule has 0 fully saturated rings. The highest BCUT2D eigenvalue weighted by Crippen LogP contribution is 2.23. The van der Waals surface area contributed by atoms with E-state index in [0.29, 0.717) is 12.5 Å². The molecule has 0 heterocycles. The Hall–Kier alpha value is -0.200. The number of hydrogen-bond donors (Lipinski definition) is 4. The number of aliphatic hydroxyl groups excluding tert-OH is 4. The van der Waals surface area contributed by atoms with Crippen LogP contribution in [0.4, 0.5) is 0 Å². The highest BCUT2D eigenvalue weighted by Gasteiger charge is 2.19. The van der Waals surface area contributed by atoms with Crippen molar-refractivity contribution in [1.82, 2.24) is 0 Å². The third-order valence-corrected chi connectivity index (χ3v) is 2.52. The quantitative estimate of drug-likeness (QED) is 0.528. The van der Waals surface area contributed by atoms with Gasteiger partial charge in [0.1, 0.15) is 0 Å². The topological polar surface area (TPSA) is 90.2 Å². The van der Waals surface area contributed by atoms with Crippen LogP contribution >= 0.6 is 0 Å². The van der Waals surface area contributed by atoms with E-state index in [1.165, 1.54) is 0 Å². The summed E-state index contributed by atoms with van der Waals surface area (Å²) in [5.41, 5.74) is -0.0395. The summed E-state index contributed by atoms with van der Waals surface area (Å²) in [4.78, 5) is 0. The van der Waals surface area contributed by atoms with E-state index in [9.17, 15) is 0 Å². The maximum absolute atomic E-state index is 8.86. The van der Waals surface area contributed by atoms with Gasteiger partial charge < -0.3 is 25.2 Å². The van der Waals surface area contributed by atoms with Gasteiger partial charge in [0.15, 0.2) is 0 Å². The minimum atomic E-state index is -0.445. The summed E-state index contributed by atoms with van der Waals surface area (Å²) in [6.07, 6.45) is 0.263. The molecule has 0 amide bonds. The second-order valence-electron chi connectivity index (χ2n) is 5.99. The highest BCUT2D eigenvalue weighted by molar-refractivity contribution is 4.69. The molecule has 5 heteroatoms. The van der Waals surface area contributed by atoms with Crippen molar-refractivity contribution in [2.75, 3.05) is 26.4 Å². The lowest BCUT2D eigenvalue weighted by atomic mass is 9.84. The van der Waals surface area contributed by atoms with E-state index in [0.717, 1.165) is 6.42 Å². The minimum absolute atomic E-state index is 0.00667. The molecule has 0 saturated carbocycles. The summed E-state index contributed by atoms with van der Waals surface area (Å²) >= 11 is 0. The maximum atomic E-state index is 8.86. The lowest BCUT2D eigenvalue weighted by Gasteiger charge is -2.24. The fourth-order valence-electron chi connectivity index (χ4n) is 1.43. The van der Waals surface area contributed by atoms with Crippen molar-refractivity contribution in [3.63, 3.8) is 0 Å². The van der Waals surface area contributed by atoms with Crippen LogP contribution < -0.4 is 0 Å². The first-order chi connectivity index (χ1) is 8.68. The Bertz CT molecular complexity index is 194. The van der Waals surface area contributed by atoms with Gasteiger partial charge in [-0.1, -0.05) is 20.8 Å². The average Bonchev–Trinajstić information content (AvgIpc) is 2.35. The molecule has 3 atom stereocenters. The number of ether oxygens (including phenoxy) is 1. The highest BCUT2D eigenvalue weighted by atomic mass is 16.5. The van der Waals surface area contributed by atoms with Crippen LogP contribution in [0.3, 0.4) is 0 Å². The molecule has 0 radical (unpaired) electrons. The van der Waals surface area contributed by atoms with Gasteiger partial charge in [-0.25, -0.2) is 0 Å². The van der Waals surface area contributed by atoms with Crippen LogP contribution in [0, 0.1) is 11.3 Å². The molecule has 3 unspecified atom stereocenters. The first kappa shape index (κ1) is 21.1. The Morgan fingerprint density at radius 2 is 1.53 bits per heavy atom. The van der Waals surface area contributed by atoms with E-state index in [2.05, 4.69) is 0 Å². The largest absolute Gasteiger partial charge is 0.396 e.